The average molecular weight is 561 g/mol. The maximum atomic E-state index is 13.8. The van der Waals surface area contributed by atoms with E-state index < -0.39 is 35.1 Å². The first-order valence-electron chi connectivity index (χ1n) is 12.3. The van der Waals surface area contributed by atoms with Crippen LogP contribution in [0.5, 0.6) is 11.5 Å². The third-order valence-corrected chi connectivity index (χ3v) is 5.97. The molecule has 0 radical (unpaired) electrons. The summed E-state index contributed by atoms with van der Waals surface area (Å²) in [6.45, 7) is 3.17. The number of nitro benzene ring substituents is 1. The fraction of sp³-hybridized carbons (Fsp3) is 0.138. The summed E-state index contributed by atoms with van der Waals surface area (Å²) in [5.41, 5.74) is 1.50. The Morgan fingerprint density at radius 2 is 1.95 bits per heavy atom. The number of carbonyl (C=O) groups is 3. The van der Waals surface area contributed by atoms with Crippen molar-refractivity contribution in [3.63, 3.8) is 0 Å². The molecular formula is C29H25FN4O7. The number of nitro groups is 1. The zero-order chi connectivity index (χ0) is 29.5. The first-order chi connectivity index (χ1) is 19.7. The number of benzene rings is 3. The van der Waals surface area contributed by atoms with Crippen LogP contribution < -0.4 is 20.1 Å². The predicted molar refractivity (Wildman–Crippen MR) is 148 cm³/mol. The largest absolute Gasteiger partial charge is 0.493 e. The lowest BCUT2D eigenvalue weighted by atomic mass is 10.0. The second kappa shape index (κ2) is 12.6. The van der Waals surface area contributed by atoms with Crippen LogP contribution in [0.15, 0.2) is 79.0 Å². The molecule has 2 N–H and O–H groups in total. The summed E-state index contributed by atoms with van der Waals surface area (Å²) < 4.78 is 25.3. The SMILES string of the molecule is C=CCc1cc(/C=C2/NC(=O)N(CC(=O)Nc3ccccc3F)C2=O)cc(OC)c1OCc1cccc([N+](=O)[O-])c1. The van der Waals surface area contributed by atoms with E-state index in [-0.39, 0.29) is 23.7 Å². The molecule has 11 nitrogen and oxygen atoms in total. The van der Waals surface area contributed by atoms with E-state index in [4.69, 9.17) is 9.47 Å². The summed E-state index contributed by atoms with van der Waals surface area (Å²) in [7, 11) is 1.43. The maximum absolute atomic E-state index is 13.8. The molecule has 4 amide bonds. The number of ether oxygens (including phenoxy) is 2. The summed E-state index contributed by atoms with van der Waals surface area (Å²) in [5, 5.41) is 15.9. The average Bonchev–Trinajstić information content (AvgIpc) is 3.20. The second-order valence-corrected chi connectivity index (χ2v) is 8.83. The molecule has 3 aromatic rings. The third-order valence-electron chi connectivity index (χ3n) is 5.97. The van der Waals surface area contributed by atoms with Crippen molar-refractivity contribution >= 4 is 35.3 Å². The summed E-state index contributed by atoms with van der Waals surface area (Å²) in [6.07, 6.45) is 3.43. The van der Waals surface area contributed by atoms with Crippen LogP contribution in [0, 0.1) is 15.9 Å². The van der Waals surface area contributed by atoms with E-state index in [1.165, 1.54) is 49.6 Å². The van der Waals surface area contributed by atoms with Crippen LogP contribution in [-0.4, -0.2) is 41.3 Å². The van der Waals surface area contributed by atoms with Gasteiger partial charge in [0.05, 0.1) is 17.7 Å². The number of amides is 4. The number of non-ortho nitro benzene ring substituents is 1. The van der Waals surface area contributed by atoms with Gasteiger partial charge in [-0.3, -0.25) is 19.7 Å². The first-order valence-corrected chi connectivity index (χ1v) is 12.3. The maximum Gasteiger partial charge on any atom is 0.329 e. The third kappa shape index (κ3) is 6.74. The van der Waals surface area contributed by atoms with Crippen molar-refractivity contribution in [3.05, 3.63) is 112 Å². The van der Waals surface area contributed by atoms with Gasteiger partial charge in [-0.2, -0.15) is 0 Å². The molecule has 0 aliphatic carbocycles. The molecule has 1 fully saturated rings. The van der Waals surface area contributed by atoms with Gasteiger partial charge in [-0.15, -0.1) is 6.58 Å². The van der Waals surface area contributed by atoms with E-state index in [2.05, 4.69) is 17.2 Å². The van der Waals surface area contributed by atoms with Crippen molar-refractivity contribution < 1.29 is 33.2 Å². The van der Waals surface area contributed by atoms with Gasteiger partial charge in [0, 0.05) is 17.7 Å². The van der Waals surface area contributed by atoms with Crippen LogP contribution >= 0.6 is 0 Å². The van der Waals surface area contributed by atoms with Crippen molar-refractivity contribution in [3.8, 4) is 11.5 Å². The number of halogens is 1. The molecule has 0 aromatic heterocycles. The molecule has 1 saturated heterocycles. The van der Waals surface area contributed by atoms with Crippen molar-refractivity contribution in [2.75, 3.05) is 19.0 Å². The van der Waals surface area contributed by atoms with Gasteiger partial charge in [-0.1, -0.05) is 30.3 Å². The number of rotatable bonds is 11. The molecule has 4 rings (SSSR count). The van der Waals surface area contributed by atoms with Gasteiger partial charge in [0.25, 0.3) is 11.6 Å². The molecule has 1 aliphatic rings. The number of anilines is 1. The zero-order valence-electron chi connectivity index (χ0n) is 21.9. The highest BCUT2D eigenvalue weighted by atomic mass is 19.1. The highest BCUT2D eigenvalue weighted by molar-refractivity contribution is 6.16. The Kier molecular flexibility index (Phi) is 8.72. The van der Waals surface area contributed by atoms with Gasteiger partial charge >= 0.3 is 6.03 Å². The van der Waals surface area contributed by atoms with E-state index in [0.29, 0.717) is 39.5 Å². The van der Waals surface area contributed by atoms with E-state index in [9.17, 15) is 28.9 Å². The van der Waals surface area contributed by atoms with Gasteiger partial charge in [-0.05, 0) is 47.9 Å². The summed E-state index contributed by atoms with van der Waals surface area (Å²) in [6, 6.07) is 14.1. The minimum absolute atomic E-state index is 0.0288. The summed E-state index contributed by atoms with van der Waals surface area (Å²) in [4.78, 5) is 49.1. The van der Waals surface area contributed by atoms with E-state index in [0.717, 1.165) is 0 Å². The van der Waals surface area contributed by atoms with Crippen LogP contribution in [0.25, 0.3) is 6.08 Å². The Morgan fingerprint density at radius 3 is 2.66 bits per heavy atom. The summed E-state index contributed by atoms with van der Waals surface area (Å²) >= 11 is 0. The van der Waals surface area contributed by atoms with Crippen molar-refractivity contribution in [2.45, 2.75) is 13.0 Å². The Hall–Kier alpha value is -5.52. The molecule has 1 aliphatic heterocycles. The van der Waals surface area contributed by atoms with Crippen molar-refractivity contribution in [1.29, 1.82) is 0 Å². The molecule has 210 valence electrons. The lowest BCUT2D eigenvalue weighted by Crippen LogP contribution is -2.38. The number of hydrogen-bond acceptors (Lipinski definition) is 7. The fourth-order valence-electron chi connectivity index (χ4n) is 4.08. The minimum atomic E-state index is -0.805. The zero-order valence-corrected chi connectivity index (χ0v) is 21.9. The molecule has 0 saturated carbocycles. The van der Waals surface area contributed by atoms with Crippen molar-refractivity contribution in [2.24, 2.45) is 0 Å². The van der Waals surface area contributed by atoms with Gasteiger partial charge < -0.3 is 20.1 Å². The number of methoxy groups -OCH3 is 1. The molecule has 3 aromatic carbocycles. The molecule has 41 heavy (non-hydrogen) atoms. The smallest absolute Gasteiger partial charge is 0.329 e. The van der Waals surface area contributed by atoms with Crippen molar-refractivity contribution in [1.82, 2.24) is 10.2 Å². The monoisotopic (exact) mass is 560 g/mol. The minimum Gasteiger partial charge on any atom is -0.493 e. The van der Waals surface area contributed by atoms with Crippen LogP contribution in [0.1, 0.15) is 16.7 Å². The highest BCUT2D eigenvalue weighted by Crippen LogP contribution is 2.35. The predicted octanol–water partition coefficient (Wildman–Crippen LogP) is 4.58. The molecule has 0 bridgehead atoms. The molecular weight excluding hydrogens is 535 g/mol. The number of nitrogens with zero attached hydrogens (tertiary/aromatic N) is 2. The van der Waals surface area contributed by atoms with Gasteiger partial charge in [0.15, 0.2) is 11.5 Å². The second-order valence-electron chi connectivity index (χ2n) is 8.83. The van der Waals surface area contributed by atoms with Gasteiger partial charge in [-0.25, -0.2) is 14.1 Å². The molecule has 1 heterocycles. The van der Waals surface area contributed by atoms with Gasteiger partial charge in [0.1, 0.15) is 24.7 Å². The Morgan fingerprint density at radius 1 is 1.17 bits per heavy atom. The lowest BCUT2D eigenvalue weighted by molar-refractivity contribution is -0.384. The number of hydrogen-bond donors (Lipinski definition) is 2. The van der Waals surface area contributed by atoms with E-state index in [1.54, 1.807) is 30.3 Å². The van der Waals surface area contributed by atoms with E-state index >= 15 is 0 Å². The van der Waals surface area contributed by atoms with Crippen LogP contribution in [-0.2, 0) is 22.6 Å². The first kappa shape index (κ1) is 28.5. The normalized spacial score (nSPS) is 13.6. The molecule has 0 unspecified atom stereocenters. The Labute approximate surface area is 234 Å². The number of allylic oxidation sites excluding steroid dienone is 1. The van der Waals surface area contributed by atoms with Crippen LogP contribution in [0.2, 0.25) is 0 Å². The molecule has 0 atom stereocenters. The highest BCUT2D eigenvalue weighted by Gasteiger charge is 2.35. The standard InChI is InChI=1S/C29H25FN4O7/c1-3-7-20-12-19(15-25(40-2)27(20)41-17-18-8-6-9-21(13-18)34(38)39)14-24-28(36)33(29(37)32-24)16-26(35)31-23-11-5-4-10-22(23)30/h3-6,8-15H,1,7,16-17H2,2H3,(H,31,35)(H,32,37)/b24-14+. The number of imide groups is 1. The summed E-state index contributed by atoms with van der Waals surface area (Å²) in [5.74, 6) is -1.44. The fourth-order valence-corrected chi connectivity index (χ4v) is 4.08. The van der Waals surface area contributed by atoms with Gasteiger partial charge in [0.2, 0.25) is 5.91 Å². The Bertz CT molecular complexity index is 1570. The quantitative estimate of drug-likeness (QED) is 0.115. The van der Waals surface area contributed by atoms with Crippen LogP contribution in [0.3, 0.4) is 0 Å². The Balaban J connectivity index is 1.53. The molecule has 0 spiro atoms. The number of carbonyl (C=O) groups excluding carboxylic acids is 3. The molecule has 12 heteroatoms. The number of urea groups is 1. The van der Waals surface area contributed by atoms with E-state index in [1.807, 2.05) is 0 Å². The lowest BCUT2D eigenvalue weighted by Gasteiger charge is -2.16. The topological polar surface area (TPSA) is 140 Å². The number of para-hydroxylation sites is 1. The number of nitrogens with one attached hydrogen (secondary N) is 2. The van der Waals surface area contributed by atoms with Crippen LogP contribution in [0.4, 0.5) is 20.6 Å².